The molecule has 2 rings (SSSR count). The Balaban J connectivity index is 0.00000288. The van der Waals surface area contributed by atoms with Crippen LogP contribution in [0.4, 0.5) is 20.2 Å². The summed E-state index contributed by atoms with van der Waals surface area (Å²) in [5.74, 6) is -3.30. The average Bonchev–Trinajstić information content (AvgIpc) is 2.79. The molecule has 0 radical (unpaired) electrons. The first kappa shape index (κ1) is 20.4. The maximum absolute atomic E-state index is 13.1. The number of methoxy groups -OCH3 is 1. The maximum Gasteiger partial charge on any atom is 0.262 e. The van der Waals surface area contributed by atoms with Crippen LogP contribution in [0.5, 0.6) is 5.75 Å². The summed E-state index contributed by atoms with van der Waals surface area (Å²) in [7, 11) is -2.14. The van der Waals surface area contributed by atoms with Crippen molar-refractivity contribution in [1.82, 2.24) is 5.32 Å². The summed E-state index contributed by atoms with van der Waals surface area (Å²) in [6.07, 6.45) is 0.428. The van der Waals surface area contributed by atoms with Crippen LogP contribution in [0.15, 0.2) is 18.2 Å². The number of ether oxygens (including phenoxy) is 1. The second kappa shape index (κ2) is 7.49. The summed E-state index contributed by atoms with van der Waals surface area (Å²) in [6.45, 7) is -0.536. The number of carbonyl (C=O) groups excluding carboxylic acids is 1. The Labute approximate surface area is 144 Å². The van der Waals surface area contributed by atoms with E-state index < -0.39 is 40.9 Å². The molecule has 0 aliphatic carbocycles. The highest BCUT2D eigenvalue weighted by atomic mass is 35.5. The van der Waals surface area contributed by atoms with Crippen LogP contribution >= 0.6 is 12.4 Å². The standard InChI is InChI=1S/C13H17F2N3O4S.ClH/c1-22-11-5-8(3-4-9(11)18-23(2,20)21)17-12(19)10-6-13(14,15)7-16-10;/h3-5,10,16,18H,6-7H2,1-2H3,(H,17,19);1H. The summed E-state index contributed by atoms with van der Waals surface area (Å²) in [5.41, 5.74) is 0.515. The van der Waals surface area contributed by atoms with Gasteiger partial charge in [-0.2, -0.15) is 0 Å². The van der Waals surface area contributed by atoms with Crippen LogP contribution in [0.1, 0.15) is 6.42 Å². The van der Waals surface area contributed by atoms with Crippen LogP contribution in [0.2, 0.25) is 0 Å². The smallest absolute Gasteiger partial charge is 0.262 e. The van der Waals surface area contributed by atoms with E-state index >= 15 is 0 Å². The minimum atomic E-state index is -3.48. The number of nitrogens with one attached hydrogen (secondary N) is 3. The number of alkyl halides is 2. The molecule has 11 heteroatoms. The number of anilines is 2. The number of halogens is 3. The molecule has 1 aromatic rings. The molecule has 1 aliphatic heterocycles. The van der Waals surface area contributed by atoms with E-state index in [1.807, 2.05) is 0 Å². The van der Waals surface area contributed by atoms with Gasteiger partial charge in [0.05, 0.1) is 31.6 Å². The van der Waals surface area contributed by atoms with Crippen LogP contribution in [0, 0.1) is 0 Å². The van der Waals surface area contributed by atoms with Gasteiger partial charge < -0.3 is 10.1 Å². The van der Waals surface area contributed by atoms with Crippen molar-refractivity contribution in [2.24, 2.45) is 0 Å². The third kappa shape index (κ3) is 5.46. The highest BCUT2D eigenvalue weighted by Gasteiger charge is 2.42. The lowest BCUT2D eigenvalue weighted by molar-refractivity contribution is -0.118. The van der Waals surface area contributed by atoms with Crippen LogP contribution in [0.25, 0.3) is 0 Å². The first-order chi connectivity index (χ1) is 10.6. The van der Waals surface area contributed by atoms with E-state index in [9.17, 15) is 22.0 Å². The Hall–Kier alpha value is -1.65. The van der Waals surface area contributed by atoms with Crippen LogP contribution in [-0.2, 0) is 14.8 Å². The molecule has 0 saturated carbocycles. The Kier molecular flexibility index (Phi) is 6.37. The lowest BCUT2D eigenvalue weighted by Gasteiger charge is -2.14. The fourth-order valence-corrected chi connectivity index (χ4v) is 2.75. The highest BCUT2D eigenvalue weighted by Crippen LogP contribution is 2.30. The largest absolute Gasteiger partial charge is 0.494 e. The first-order valence-electron chi connectivity index (χ1n) is 6.67. The highest BCUT2D eigenvalue weighted by molar-refractivity contribution is 7.92. The molecule has 1 unspecified atom stereocenters. The zero-order valence-corrected chi connectivity index (χ0v) is 14.6. The van der Waals surface area contributed by atoms with Gasteiger partial charge in [-0.1, -0.05) is 0 Å². The number of carbonyl (C=O) groups is 1. The monoisotopic (exact) mass is 385 g/mol. The molecule has 1 saturated heterocycles. The van der Waals surface area contributed by atoms with Gasteiger partial charge >= 0.3 is 0 Å². The fraction of sp³-hybridized carbons (Fsp3) is 0.462. The molecular weight excluding hydrogens is 368 g/mol. The predicted octanol–water partition coefficient (Wildman–Crippen LogP) is 1.42. The number of hydrogen-bond donors (Lipinski definition) is 3. The summed E-state index contributed by atoms with van der Waals surface area (Å²) in [4.78, 5) is 12.0. The van der Waals surface area contributed by atoms with Gasteiger partial charge in [0.2, 0.25) is 15.9 Å². The number of sulfonamides is 1. The first-order valence-corrected chi connectivity index (χ1v) is 8.57. The van der Waals surface area contributed by atoms with Crippen molar-refractivity contribution in [1.29, 1.82) is 0 Å². The van der Waals surface area contributed by atoms with Crippen molar-refractivity contribution in [2.45, 2.75) is 18.4 Å². The van der Waals surface area contributed by atoms with Crippen LogP contribution < -0.4 is 20.1 Å². The third-order valence-electron chi connectivity index (χ3n) is 3.19. The lowest BCUT2D eigenvalue weighted by atomic mass is 10.1. The molecule has 1 fully saturated rings. The molecule has 1 aromatic carbocycles. The Morgan fingerprint density at radius 3 is 2.58 bits per heavy atom. The van der Waals surface area contributed by atoms with Crippen molar-refractivity contribution in [3.05, 3.63) is 18.2 Å². The van der Waals surface area contributed by atoms with E-state index in [4.69, 9.17) is 4.74 Å². The maximum atomic E-state index is 13.1. The van der Waals surface area contributed by atoms with Gasteiger partial charge in [0.15, 0.2) is 0 Å². The van der Waals surface area contributed by atoms with Crippen LogP contribution in [-0.4, -0.2) is 46.2 Å². The summed E-state index contributed by atoms with van der Waals surface area (Å²) >= 11 is 0. The molecule has 7 nitrogen and oxygen atoms in total. The van der Waals surface area contributed by atoms with E-state index in [2.05, 4.69) is 15.4 Å². The van der Waals surface area contributed by atoms with Gasteiger partial charge in [-0.15, -0.1) is 12.4 Å². The van der Waals surface area contributed by atoms with Gasteiger partial charge in [0.25, 0.3) is 5.92 Å². The molecule has 3 N–H and O–H groups in total. The fourth-order valence-electron chi connectivity index (χ4n) is 2.18. The van der Waals surface area contributed by atoms with E-state index in [1.165, 1.54) is 25.3 Å². The second-order valence-corrected chi connectivity index (χ2v) is 7.02. The SMILES string of the molecule is COc1cc(NC(=O)C2CC(F)(F)CN2)ccc1NS(C)(=O)=O.Cl. The number of amides is 1. The van der Waals surface area contributed by atoms with Crippen molar-refractivity contribution in [2.75, 3.05) is 29.9 Å². The molecule has 0 aromatic heterocycles. The van der Waals surface area contributed by atoms with Gasteiger partial charge in [-0.3, -0.25) is 14.8 Å². The molecular formula is C13H18ClF2N3O4S. The predicted molar refractivity (Wildman–Crippen MR) is 88.7 cm³/mol. The molecule has 1 amide bonds. The average molecular weight is 386 g/mol. The Bertz CT molecular complexity index is 715. The Morgan fingerprint density at radius 1 is 1.42 bits per heavy atom. The molecule has 24 heavy (non-hydrogen) atoms. The van der Waals surface area contributed by atoms with Crippen molar-refractivity contribution in [3.8, 4) is 5.75 Å². The normalized spacial score (nSPS) is 19.2. The summed E-state index contributed by atoms with van der Waals surface area (Å²) < 4.78 is 56.0. The van der Waals surface area contributed by atoms with E-state index in [1.54, 1.807) is 0 Å². The molecule has 0 bridgehead atoms. The zero-order chi connectivity index (χ0) is 17.3. The second-order valence-electron chi connectivity index (χ2n) is 5.27. The van der Waals surface area contributed by atoms with Crippen molar-refractivity contribution < 1.29 is 26.7 Å². The number of hydrogen-bond acceptors (Lipinski definition) is 5. The molecule has 1 atom stereocenters. The van der Waals surface area contributed by atoms with Gasteiger partial charge in [0.1, 0.15) is 5.75 Å². The number of benzene rings is 1. The quantitative estimate of drug-likeness (QED) is 0.712. The minimum Gasteiger partial charge on any atom is -0.494 e. The van der Waals surface area contributed by atoms with Gasteiger partial charge in [0, 0.05) is 18.2 Å². The topological polar surface area (TPSA) is 96.5 Å². The van der Waals surface area contributed by atoms with Gasteiger partial charge in [-0.25, -0.2) is 17.2 Å². The molecule has 1 aliphatic rings. The molecule has 0 spiro atoms. The van der Waals surface area contributed by atoms with Crippen molar-refractivity contribution >= 4 is 39.7 Å². The number of rotatable bonds is 5. The molecule has 136 valence electrons. The zero-order valence-electron chi connectivity index (χ0n) is 12.9. The van der Waals surface area contributed by atoms with Crippen molar-refractivity contribution in [3.63, 3.8) is 0 Å². The lowest BCUT2D eigenvalue weighted by Crippen LogP contribution is -2.35. The third-order valence-corrected chi connectivity index (χ3v) is 3.78. The van der Waals surface area contributed by atoms with Gasteiger partial charge in [-0.05, 0) is 12.1 Å². The minimum absolute atomic E-state index is 0. The molecule has 1 heterocycles. The summed E-state index contributed by atoms with van der Waals surface area (Å²) in [6, 6.07) is 3.27. The van der Waals surface area contributed by atoms with Crippen LogP contribution in [0.3, 0.4) is 0 Å². The van der Waals surface area contributed by atoms with E-state index in [-0.39, 0.29) is 23.8 Å². The summed E-state index contributed by atoms with van der Waals surface area (Å²) in [5, 5.41) is 4.95. The van der Waals surface area contributed by atoms with E-state index in [0.29, 0.717) is 5.69 Å². The van der Waals surface area contributed by atoms with E-state index in [0.717, 1.165) is 6.26 Å². The Morgan fingerprint density at radius 2 is 2.08 bits per heavy atom.